The fourth-order valence-corrected chi connectivity index (χ4v) is 4.68. The van der Waals surface area contributed by atoms with Crippen molar-refractivity contribution >= 4 is 5.91 Å². The summed E-state index contributed by atoms with van der Waals surface area (Å²) < 4.78 is 0. The van der Waals surface area contributed by atoms with E-state index < -0.39 is 0 Å². The van der Waals surface area contributed by atoms with Crippen molar-refractivity contribution in [2.45, 2.75) is 63.8 Å². The van der Waals surface area contributed by atoms with Gasteiger partial charge in [-0.1, -0.05) is 43.5 Å². The Labute approximate surface area is 173 Å². The first-order valence-electron chi connectivity index (χ1n) is 11.1. The molecule has 0 unspecified atom stereocenters. The number of rotatable bonds is 5. The van der Waals surface area contributed by atoms with Crippen molar-refractivity contribution in [3.63, 3.8) is 0 Å². The molecule has 1 N–H and O–H groups in total. The molecule has 154 valence electrons. The normalized spacial score (nSPS) is 19.2. The second kappa shape index (κ2) is 9.49. The van der Waals surface area contributed by atoms with Crippen LogP contribution in [-0.4, -0.2) is 46.5 Å². The van der Waals surface area contributed by atoms with Gasteiger partial charge in [-0.25, -0.2) is 4.98 Å². The molecule has 1 amide bonds. The molecule has 0 atom stereocenters. The van der Waals surface area contributed by atoms with E-state index in [9.17, 15) is 4.79 Å². The molecule has 1 aromatic carbocycles. The Hall–Kier alpha value is -2.27. The highest BCUT2D eigenvalue weighted by Crippen LogP contribution is 2.28. The number of carbonyl (C=O) groups excluding carboxylic acids is 1. The second-order valence-corrected chi connectivity index (χ2v) is 8.60. The second-order valence-electron chi connectivity index (χ2n) is 8.60. The molecule has 0 spiro atoms. The lowest BCUT2D eigenvalue weighted by Crippen LogP contribution is -2.44. The van der Waals surface area contributed by atoms with Crippen molar-refractivity contribution in [3.05, 3.63) is 47.9 Å². The minimum atomic E-state index is 0.191. The highest BCUT2D eigenvalue weighted by atomic mass is 16.2. The Morgan fingerprint density at radius 3 is 2.59 bits per heavy atom. The average molecular weight is 393 g/mol. The van der Waals surface area contributed by atoms with E-state index in [4.69, 9.17) is 4.98 Å². The first-order valence-corrected chi connectivity index (χ1v) is 11.1. The third-order valence-electron chi connectivity index (χ3n) is 6.42. The van der Waals surface area contributed by atoms with Gasteiger partial charge >= 0.3 is 0 Å². The SMILES string of the molecule is Cc1ccccc1-c1cncc(C2CCN(CC(=O)NC3CCCCC3)CC2)n1. The summed E-state index contributed by atoms with van der Waals surface area (Å²) in [6.45, 7) is 4.52. The van der Waals surface area contributed by atoms with Crippen molar-refractivity contribution in [1.82, 2.24) is 20.2 Å². The zero-order valence-corrected chi connectivity index (χ0v) is 17.4. The Kier molecular flexibility index (Phi) is 6.55. The van der Waals surface area contributed by atoms with Crippen molar-refractivity contribution in [2.75, 3.05) is 19.6 Å². The van der Waals surface area contributed by atoms with E-state index in [1.54, 1.807) is 0 Å². The molecular formula is C24H32N4O. The summed E-state index contributed by atoms with van der Waals surface area (Å²) in [4.78, 5) is 24.1. The van der Waals surface area contributed by atoms with Crippen LogP contribution in [0.2, 0.25) is 0 Å². The molecule has 1 aliphatic heterocycles. The fraction of sp³-hybridized carbons (Fsp3) is 0.542. The number of amides is 1. The largest absolute Gasteiger partial charge is 0.352 e. The third-order valence-corrected chi connectivity index (χ3v) is 6.42. The van der Waals surface area contributed by atoms with E-state index in [2.05, 4.69) is 40.3 Å². The van der Waals surface area contributed by atoms with E-state index in [0.29, 0.717) is 18.5 Å². The molecule has 0 bridgehead atoms. The van der Waals surface area contributed by atoms with E-state index in [0.717, 1.165) is 55.7 Å². The predicted molar refractivity (Wildman–Crippen MR) is 116 cm³/mol. The number of aryl methyl sites for hydroxylation is 1. The third kappa shape index (κ3) is 5.21. The molecule has 1 aliphatic carbocycles. The summed E-state index contributed by atoms with van der Waals surface area (Å²) in [7, 11) is 0. The number of likely N-dealkylation sites (tertiary alicyclic amines) is 1. The topological polar surface area (TPSA) is 58.1 Å². The van der Waals surface area contributed by atoms with Crippen LogP contribution in [0.3, 0.4) is 0 Å². The molecule has 1 saturated heterocycles. The van der Waals surface area contributed by atoms with Crippen LogP contribution in [0.5, 0.6) is 0 Å². The van der Waals surface area contributed by atoms with Gasteiger partial charge in [0.15, 0.2) is 0 Å². The van der Waals surface area contributed by atoms with Crippen LogP contribution < -0.4 is 5.32 Å². The molecule has 5 heteroatoms. The minimum Gasteiger partial charge on any atom is -0.352 e. The Balaban J connectivity index is 1.31. The van der Waals surface area contributed by atoms with Crippen LogP contribution in [0.1, 0.15) is 62.1 Å². The van der Waals surface area contributed by atoms with Gasteiger partial charge in [0, 0.05) is 23.7 Å². The van der Waals surface area contributed by atoms with Gasteiger partial charge in [-0.3, -0.25) is 14.7 Å². The van der Waals surface area contributed by atoms with Gasteiger partial charge in [0.05, 0.1) is 24.1 Å². The first kappa shape index (κ1) is 20.0. The molecule has 4 rings (SSSR count). The smallest absolute Gasteiger partial charge is 0.234 e. The lowest BCUT2D eigenvalue weighted by molar-refractivity contribution is -0.123. The molecule has 2 aromatic rings. The Bertz CT molecular complexity index is 823. The van der Waals surface area contributed by atoms with Crippen molar-refractivity contribution in [1.29, 1.82) is 0 Å². The lowest BCUT2D eigenvalue weighted by Gasteiger charge is -2.32. The molecule has 2 fully saturated rings. The Morgan fingerprint density at radius 2 is 1.83 bits per heavy atom. The quantitative estimate of drug-likeness (QED) is 0.833. The molecule has 29 heavy (non-hydrogen) atoms. The number of nitrogens with zero attached hydrogens (tertiary/aromatic N) is 3. The van der Waals surface area contributed by atoms with Crippen LogP contribution in [-0.2, 0) is 4.79 Å². The molecule has 5 nitrogen and oxygen atoms in total. The maximum absolute atomic E-state index is 12.4. The van der Waals surface area contributed by atoms with Gasteiger partial charge in [-0.15, -0.1) is 0 Å². The van der Waals surface area contributed by atoms with Crippen molar-refractivity contribution in [3.8, 4) is 11.3 Å². The van der Waals surface area contributed by atoms with Crippen LogP contribution in [0.15, 0.2) is 36.7 Å². The summed E-state index contributed by atoms with van der Waals surface area (Å²) >= 11 is 0. The van der Waals surface area contributed by atoms with Gasteiger partial charge in [-0.05, 0) is 51.3 Å². The average Bonchev–Trinajstić information content (AvgIpc) is 2.75. The highest BCUT2D eigenvalue weighted by molar-refractivity contribution is 5.78. The summed E-state index contributed by atoms with van der Waals surface area (Å²) in [5.74, 6) is 0.612. The summed E-state index contributed by atoms with van der Waals surface area (Å²) in [5, 5.41) is 3.24. The molecule has 0 radical (unpaired) electrons. The van der Waals surface area contributed by atoms with E-state index in [-0.39, 0.29) is 5.91 Å². The van der Waals surface area contributed by atoms with Crippen LogP contribution in [0.4, 0.5) is 0 Å². The number of hydrogen-bond donors (Lipinski definition) is 1. The molecule has 1 aromatic heterocycles. The van der Waals surface area contributed by atoms with Gasteiger partial charge in [-0.2, -0.15) is 0 Å². The highest BCUT2D eigenvalue weighted by Gasteiger charge is 2.24. The first-order chi connectivity index (χ1) is 14.2. The minimum absolute atomic E-state index is 0.191. The van der Waals surface area contributed by atoms with Crippen molar-refractivity contribution < 1.29 is 4.79 Å². The predicted octanol–water partition coefficient (Wildman–Crippen LogP) is 4.08. The monoisotopic (exact) mass is 392 g/mol. The van der Waals surface area contributed by atoms with Gasteiger partial charge in [0.2, 0.25) is 5.91 Å². The maximum Gasteiger partial charge on any atom is 0.234 e. The summed E-state index contributed by atoms with van der Waals surface area (Å²) in [6, 6.07) is 8.72. The van der Waals surface area contributed by atoms with Gasteiger partial charge in [0.1, 0.15) is 0 Å². The standard InChI is InChI=1S/C24H32N4O/c1-18-7-5-6-10-21(18)23-16-25-15-22(27-23)19-11-13-28(14-12-19)17-24(29)26-20-8-3-2-4-9-20/h5-7,10,15-16,19-20H,2-4,8-9,11-14,17H2,1H3,(H,26,29). The number of nitrogens with one attached hydrogen (secondary N) is 1. The Morgan fingerprint density at radius 1 is 1.07 bits per heavy atom. The van der Waals surface area contributed by atoms with Crippen LogP contribution in [0.25, 0.3) is 11.3 Å². The summed E-state index contributed by atoms with van der Waals surface area (Å²) in [5.41, 5.74) is 4.41. The number of carbonyl (C=O) groups is 1. The molecule has 2 aliphatic rings. The number of aromatic nitrogens is 2. The van der Waals surface area contributed by atoms with Gasteiger partial charge in [0.25, 0.3) is 0 Å². The van der Waals surface area contributed by atoms with E-state index >= 15 is 0 Å². The summed E-state index contributed by atoms with van der Waals surface area (Å²) in [6.07, 6.45) is 11.9. The lowest BCUT2D eigenvalue weighted by atomic mass is 9.93. The van der Waals surface area contributed by atoms with E-state index in [1.807, 2.05) is 18.5 Å². The van der Waals surface area contributed by atoms with Crippen LogP contribution >= 0.6 is 0 Å². The molecule has 2 heterocycles. The zero-order valence-electron chi connectivity index (χ0n) is 17.4. The zero-order chi connectivity index (χ0) is 20.1. The van der Waals surface area contributed by atoms with E-state index in [1.165, 1.54) is 24.8 Å². The number of benzene rings is 1. The van der Waals surface area contributed by atoms with Gasteiger partial charge < -0.3 is 5.32 Å². The fourth-order valence-electron chi connectivity index (χ4n) is 4.68. The number of piperidine rings is 1. The maximum atomic E-state index is 12.4. The van der Waals surface area contributed by atoms with Crippen molar-refractivity contribution in [2.24, 2.45) is 0 Å². The van der Waals surface area contributed by atoms with Crippen LogP contribution in [0, 0.1) is 6.92 Å². The molecule has 1 saturated carbocycles. The number of hydrogen-bond acceptors (Lipinski definition) is 4. The molecular weight excluding hydrogens is 360 g/mol.